The second-order valence-corrected chi connectivity index (χ2v) is 7.66. The molecular formula is C19H18ClN3O5S. The van der Waals surface area contributed by atoms with Crippen molar-refractivity contribution in [1.82, 2.24) is 5.32 Å². The highest BCUT2D eigenvalue weighted by Gasteiger charge is 2.33. The van der Waals surface area contributed by atoms with Gasteiger partial charge in [0.15, 0.2) is 0 Å². The van der Waals surface area contributed by atoms with Gasteiger partial charge in [0, 0.05) is 17.9 Å². The van der Waals surface area contributed by atoms with Crippen molar-refractivity contribution in [3.8, 4) is 0 Å². The molecule has 2 aliphatic heterocycles. The number of nitrogens with one attached hydrogen (secondary N) is 1. The van der Waals surface area contributed by atoms with Gasteiger partial charge in [0.05, 0.1) is 37.0 Å². The third-order valence-electron chi connectivity index (χ3n) is 4.11. The number of halogens is 1. The Labute approximate surface area is 184 Å². The Morgan fingerprint density at radius 2 is 1.97 bits per heavy atom. The van der Waals surface area contributed by atoms with Crippen LogP contribution in [0.4, 0.5) is 16.2 Å². The number of carbonyl (C=O) groups excluding carboxylic acids is 3. The van der Waals surface area contributed by atoms with E-state index in [0.717, 1.165) is 21.1 Å². The van der Waals surface area contributed by atoms with Crippen LogP contribution in [0.3, 0.4) is 0 Å². The zero-order valence-corrected chi connectivity index (χ0v) is 16.2. The van der Waals surface area contributed by atoms with Gasteiger partial charge in [-0.05, 0) is 36.4 Å². The fourth-order valence-corrected chi connectivity index (χ4v) is 3.66. The number of thiophene rings is 1. The molecule has 8 nitrogen and oxygen atoms in total. The Balaban J connectivity index is 1.47. The summed E-state index contributed by atoms with van der Waals surface area (Å²) < 4.78 is 57.2. The lowest BCUT2D eigenvalue weighted by Crippen LogP contribution is -2.41. The first-order valence-electron chi connectivity index (χ1n) is 11.4. The van der Waals surface area contributed by atoms with Crippen LogP contribution in [0.15, 0.2) is 36.4 Å². The lowest BCUT2D eigenvalue weighted by atomic mass is 10.2. The van der Waals surface area contributed by atoms with Crippen molar-refractivity contribution in [3.63, 3.8) is 0 Å². The molecule has 152 valence electrons. The van der Waals surface area contributed by atoms with E-state index in [1.54, 1.807) is 0 Å². The van der Waals surface area contributed by atoms with Crippen molar-refractivity contribution in [1.29, 1.82) is 0 Å². The van der Waals surface area contributed by atoms with Gasteiger partial charge in [0.2, 0.25) is 0 Å². The molecule has 0 aliphatic carbocycles. The Bertz CT molecular complexity index is 1180. The summed E-state index contributed by atoms with van der Waals surface area (Å²) in [6, 6.07) is 8.58. The molecule has 1 aromatic heterocycles. The molecule has 2 fully saturated rings. The largest absolute Gasteiger partial charge is 0.442 e. The molecule has 1 N–H and O–H groups in total. The normalized spacial score (nSPS) is 26.4. The van der Waals surface area contributed by atoms with Crippen molar-refractivity contribution < 1.29 is 32.1 Å². The number of rotatable bonds is 5. The monoisotopic (exact) mass is 441 g/mol. The van der Waals surface area contributed by atoms with Gasteiger partial charge in [-0.25, -0.2) is 4.79 Å². The van der Waals surface area contributed by atoms with Gasteiger partial charge >= 0.3 is 6.09 Å². The van der Waals surface area contributed by atoms with E-state index in [9.17, 15) is 14.4 Å². The molecule has 10 heteroatoms. The number of hydrogen-bond donors (Lipinski definition) is 1. The van der Waals surface area contributed by atoms with E-state index >= 15 is 0 Å². The summed E-state index contributed by atoms with van der Waals surface area (Å²) in [7, 11) is 0. The van der Waals surface area contributed by atoms with Crippen LogP contribution in [0.25, 0.3) is 0 Å². The van der Waals surface area contributed by atoms with Crippen LogP contribution in [0.1, 0.15) is 17.9 Å². The number of cyclic esters (lactones) is 1. The number of carbonyl (C=O) groups is 3. The average Bonchev–Trinajstić information content (AvgIpc) is 3.36. The predicted octanol–water partition coefficient (Wildman–Crippen LogP) is 2.52. The van der Waals surface area contributed by atoms with Crippen molar-refractivity contribution in [3.05, 3.63) is 45.6 Å². The summed E-state index contributed by atoms with van der Waals surface area (Å²) in [6.07, 6.45) is -2.18. The summed E-state index contributed by atoms with van der Waals surface area (Å²) in [4.78, 5) is 39.4. The molecule has 1 atom stereocenters. The molecule has 0 spiro atoms. The second kappa shape index (κ2) is 8.40. The highest BCUT2D eigenvalue weighted by Crippen LogP contribution is 2.26. The molecule has 0 radical (unpaired) electrons. The molecule has 0 unspecified atom stereocenters. The van der Waals surface area contributed by atoms with Crippen molar-refractivity contribution >= 4 is 52.2 Å². The maximum Gasteiger partial charge on any atom is 0.414 e. The second-order valence-electron chi connectivity index (χ2n) is 5.94. The average molecular weight is 442 g/mol. The van der Waals surface area contributed by atoms with Crippen LogP contribution in [0.5, 0.6) is 0 Å². The zero-order chi connectivity index (χ0) is 25.8. The first-order valence-corrected chi connectivity index (χ1v) is 9.56. The fraction of sp³-hybridized carbons (Fsp3) is 0.316. The Morgan fingerprint density at radius 3 is 2.66 bits per heavy atom. The standard InChI is InChI=1S/C19H18ClN3O5S/c20-16-6-5-15(29-16)18(25)21-9-14-10-23(19(26)28-14)13-3-1-12(2-4-13)22-7-8-27-11-17(22)24/h1-6,14H,7-11H2,(H,21,25)/t14-/m0/s1/i8D2,9D2,11D2. The van der Waals surface area contributed by atoms with Gasteiger partial charge in [-0.3, -0.25) is 14.5 Å². The molecule has 3 amide bonds. The summed E-state index contributed by atoms with van der Waals surface area (Å²) in [5, 5.41) is 2.21. The number of hydrogen-bond acceptors (Lipinski definition) is 6. The van der Waals surface area contributed by atoms with Gasteiger partial charge in [0.25, 0.3) is 11.8 Å². The molecule has 4 rings (SSSR count). The van der Waals surface area contributed by atoms with Crippen LogP contribution >= 0.6 is 22.9 Å². The van der Waals surface area contributed by atoms with Crippen LogP contribution in [0.2, 0.25) is 4.34 Å². The van der Waals surface area contributed by atoms with E-state index < -0.39 is 50.2 Å². The molecule has 0 bridgehead atoms. The first kappa shape index (κ1) is 13.6. The molecule has 1 aromatic carbocycles. The Kier molecular flexibility index (Phi) is 3.93. The highest BCUT2D eigenvalue weighted by molar-refractivity contribution is 7.18. The van der Waals surface area contributed by atoms with E-state index in [0.29, 0.717) is 10.0 Å². The van der Waals surface area contributed by atoms with Gasteiger partial charge in [-0.2, -0.15) is 0 Å². The van der Waals surface area contributed by atoms with Crippen molar-refractivity contribution in [2.24, 2.45) is 0 Å². The van der Waals surface area contributed by atoms with E-state index in [1.807, 2.05) is 0 Å². The summed E-state index contributed by atoms with van der Waals surface area (Å²) >= 11 is 6.78. The lowest BCUT2D eigenvalue weighted by molar-refractivity contribution is -0.125. The number of nitrogens with zero attached hydrogens (tertiary/aromatic N) is 2. The smallest absolute Gasteiger partial charge is 0.414 e. The topological polar surface area (TPSA) is 88.2 Å². The van der Waals surface area contributed by atoms with Crippen molar-refractivity contribution in [2.75, 3.05) is 42.5 Å². The fourth-order valence-electron chi connectivity index (χ4n) is 2.72. The molecule has 2 aliphatic rings. The quantitative estimate of drug-likeness (QED) is 0.770. The van der Waals surface area contributed by atoms with Gasteiger partial charge in [0.1, 0.15) is 12.7 Å². The number of anilines is 2. The lowest BCUT2D eigenvalue weighted by Gasteiger charge is -2.27. The zero-order valence-electron chi connectivity index (χ0n) is 20.7. The van der Waals surface area contributed by atoms with E-state index in [4.69, 9.17) is 24.6 Å². The summed E-state index contributed by atoms with van der Waals surface area (Å²) in [5.74, 6) is -1.78. The summed E-state index contributed by atoms with van der Waals surface area (Å²) in [5.41, 5.74) is 0.469. The SMILES string of the molecule is [2H]C1([2H])CN(c2ccc(N3C[C@H](C([2H])([2H])NC(=O)c4ccc(Cl)s4)OC3=O)cc2)C(=O)C([2H])([2H])O1. The van der Waals surface area contributed by atoms with Gasteiger partial charge < -0.3 is 19.7 Å². The van der Waals surface area contributed by atoms with Crippen LogP contribution in [-0.2, 0) is 14.3 Å². The third kappa shape index (κ3) is 4.36. The minimum atomic E-state index is -2.85. The molecule has 2 aromatic rings. The molecule has 2 saturated heterocycles. The number of morpholine rings is 1. The Morgan fingerprint density at radius 1 is 1.24 bits per heavy atom. The van der Waals surface area contributed by atoms with E-state index in [-0.39, 0.29) is 17.1 Å². The number of ether oxygens (including phenoxy) is 2. The van der Waals surface area contributed by atoms with Crippen molar-refractivity contribution in [2.45, 2.75) is 6.10 Å². The highest BCUT2D eigenvalue weighted by atomic mass is 35.5. The molecular weight excluding hydrogens is 418 g/mol. The van der Waals surface area contributed by atoms with Crippen LogP contribution in [-0.4, -0.2) is 56.7 Å². The van der Waals surface area contributed by atoms with Crippen LogP contribution in [0, 0.1) is 0 Å². The maximum atomic E-state index is 12.4. The predicted molar refractivity (Wildman–Crippen MR) is 109 cm³/mol. The van der Waals surface area contributed by atoms with Gasteiger partial charge in [-0.15, -0.1) is 11.3 Å². The van der Waals surface area contributed by atoms with Gasteiger partial charge in [-0.1, -0.05) is 11.6 Å². The maximum absolute atomic E-state index is 12.4. The minimum Gasteiger partial charge on any atom is -0.442 e. The first-order chi connectivity index (χ1) is 16.2. The summed E-state index contributed by atoms with van der Waals surface area (Å²) in [6.45, 7) is -8.41. The Hall–Kier alpha value is -2.62. The third-order valence-corrected chi connectivity index (χ3v) is 5.34. The number of benzene rings is 1. The molecule has 3 heterocycles. The molecule has 29 heavy (non-hydrogen) atoms. The van der Waals surface area contributed by atoms with E-state index in [2.05, 4.69) is 10.1 Å². The van der Waals surface area contributed by atoms with Crippen LogP contribution < -0.4 is 15.1 Å². The van der Waals surface area contributed by atoms with E-state index in [1.165, 1.54) is 36.4 Å². The minimum absolute atomic E-state index is 0.177. The number of amides is 3. The molecule has 0 saturated carbocycles.